The van der Waals surface area contributed by atoms with Crippen LogP contribution in [0.1, 0.15) is 38.3 Å². The Labute approximate surface area is 147 Å². The molecular formula is C18H24N4OS. The van der Waals surface area contributed by atoms with Crippen LogP contribution in [0.4, 0.5) is 0 Å². The largest absolute Gasteiger partial charge is 0.339 e. The van der Waals surface area contributed by atoms with Crippen molar-refractivity contribution >= 4 is 17.7 Å². The maximum Gasteiger partial charge on any atom is 0.233 e. The molecule has 0 radical (unpaired) electrons. The first-order valence-corrected chi connectivity index (χ1v) is 9.49. The lowest BCUT2D eigenvalue weighted by Gasteiger charge is -2.25. The van der Waals surface area contributed by atoms with Gasteiger partial charge in [0.05, 0.1) is 5.75 Å². The number of hydrogen-bond donors (Lipinski definition) is 0. The number of thioether (sulfide) groups is 1. The molecule has 1 atom stereocenters. The molecule has 0 bridgehead atoms. The number of aromatic nitrogens is 3. The molecule has 0 saturated carbocycles. The van der Waals surface area contributed by atoms with Crippen molar-refractivity contribution in [3.8, 4) is 0 Å². The van der Waals surface area contributed by atoms with Crippen LogP contribution in [0.2, 0.25) is 0 Å². The van der Waals surface area contributed by atoms with E-state index in [1.54, 1.807) is 6.33 Å². The van der Waals surface area contributed by atoms with E-state index < -0.39 is 0 Å². The van der Waals surface area contributed by atoms with Gasteiger partial charge < -0.3 is 9.47 Å². The number of rotatable bonds is 6. The van der Waals surface area contributed by atoms with E-state index in [0.29, 0.717) is 17.8 Å². The van der Waals surface area contributed by atoms with E-state index in [4.69, 9.17) is 0 Å². The van der Waals surface area contributed by atoms with Crippen LogP contribution in [0.5, 0.6) is 0 Å². The number of likely N-dealkylation sites (tertiary alicyclic amines) is 1. The zero-order valence-corrected chi connectivity index (χ0v) is 15.1. The Morgan fingerprint density at radius 2 is 2.12 bits per heavy atom. The van der Waals surface area contributed by atoms with E-state index in [9.17, 15) is 4.79 Å². The van der Waals surface area contributed by atoms with Crippen LogP contribution in [-0.4, -0.2) is 43.9 Å². The number of carbonyl (C=O) groups is 1. The van der Waals surface area contributed by atoms with Gasteiger partial charge in [0.1, 0.15) is 6.33 Å². The predicted octanol–water partition coefficient (Wildman–Crippen LogP) is 3.18. The van der Waals surface area contributed by atoms with Crippen molar-refractivity contribution < 1.29 is 4.79 Å². The SMILES string of the molecule is CC(C)n1cnnc1SCC(=O)N1CCCC1Cc1ccccc1. The van der Waals surface area contributed by atoms with E-state index in [0.717, 1.165) is 31.0 Å². The number of amides is 1. The summed E-state index contributed by atoms with van der Waals surface area (Å²) in [6.45, 7) is 5.05. The highest BCUT2D eigenvalue weighted by Crippen LogP contribution is 2.24. The summed E-state index contributed by atoms with van der Waals surface area (Å²) >= 11 is 1.48. The van der Waals surface area contributed by atoms with Crippen molar-refractivity contribution in [2.75, 3.05) is 12.3 Å². The predicted molar refractivity (Wildman–Crippen MR) is 96.0 cm³/mol. The van der Waals surface area contributed by atoms with Crippen LogP contribution in [-0.2, 0) is 11.2 Å². The van der Waals surface area contributed by atoms with Gasteiger partial charge in [-0.3, -0.25) is 4.79 Å². The molecule has 1 amide bonds. The molecule has 1 unspecified atom stereocenters. The molecular weight excluding hydrogens is 320 g/mol. The van der Waals surface area contributed by atoms with Gasteiger partial charge in [-0.15, -0.1) is 10.2 Å². The second kappa shape index (κ2) is 7.83. The van der Waals surface area contributed by atoms with Crippen LogP contribution in [0, 0.1) is 0 Å². The third-order valence-electron chi connectivity index (χ3n) is 4.43. The van der Waals surface area contributed by atoms with Crippen molar-refractivity contribution in [2.45, 2.75) is 50.4 Å². The quantitative estimate of drug-likeness (QED) is 0.755. The zero-order valence-electron chi connectivity index (χ0n) is 14.3. The van der Waals surface area contributed by atoms with Gasteiger partial charge in [0.15, 0.2) is 5.16 Å². The Bertz CT molecular complexity index is 671. The van der Waals surface area contributed by atoms with E-state index in [2.05, 4.69) is 53.2 Å². The minimum Gasteiger partial charge on any atom is -0.339 e. The average molecular weight is 344 g/mol. The van der Waals surface area contributed by atoms with Crippen LogP contribution in [0.25, 0.3) is 0 Å². The molecule has 0 aliphatic carbocycles. The molecule has 6 heteroatoms. The highest BCUT2D eigenvalue weighted by atomic mass is 32.2. The standard InChI is InChI=1S/C18H24N4OS/c1-14(2)22-13-19-20-18(22)24-12-17(23)21-10-6-9-16(21)11-15-7-4-3-5-8-15/h3-5,7-8,13-14,16H,6,9-12H2,1-2H3. The highest BCUT2D eigenvalue weighted by molar-refractivity contribution is 7.99. The summed E-state index contributed by atoms with van der Waals surface area (Å²) in [7, 11) is 0. The fraction of sp³-hybridized carbons (Fsp3) is 0.500. The molecule has 1 aliphatic heterocycles. The van der Waals surface area contributed by atoms with Crippen LogP contribution in [0.15, 0.2) is 41.8 Å². The number of carbonyl (C=O) groups excluding carboxylic acids is 1. The molecule has 1 saturated heterocycles. The van der Waals surface area contributed by atoms with Gasteiger partial charge in [0, 0.05) is 18.6 Å². The Kier molecular flexibility index (Phi) is 5.56. The third kappa shape index (κ3) is 3.98. The molecule has 2 aromatic rings. The lowest BCUT2D eigenvalue weighted by Crippen LogP contribution is -2.38. The minimum absolute atomic E-state index is 0.205. The summed E-state index contributed by atoms with van der Waals surface area (Å²) in [6.07, 6.45) is 4.86. The van der Waals surface area contributed by atoms with Crippen LogP contribution in [0.3, 0.4) is 0 Å². The molecule has 128 valence electrons. The van der Waals surface area contributed by atoms with Crippen molar-refractivity contribution in [3.63, 3.8) is 0 Å². The summed E-state index contributed by atoms with van der Waals surface area (Å²) in [5, 5.41) is 8.90. The van der Waals surface area contributed by atoms with Gasteiger partial charge in [-0.25, -0.2) is 0 Å². The molecule has 0 N–H and O–H groups in total. The topological polar surface area (TPSA) is 51.0 Å². The summed E-state index contributed by atoms with van der Waals surface area (Å²) in [5.74, 6) is 0.633. The van der Waals surface area contributed by atoms with Gasteiger partial charge >= 0.3 is 0 Å². The van der Waals surface area contributed by atoms with Crippen molar-refractivity contribution in [2.24, 2.45) is 0 Å². The first-order chi connectivity index (χ1) is 11.6. The molecule has 1 aliphatic rings. The number of hydrogen-bond acceptors (Lipinski definition) is 4. The van der Waals surface area contributed by atoms with Crippen molar-refractivity contribution in [1.29, 1.82) is 0 Å². The lowest BCUT2D eigenvalue weighted by molar-refractivity contribution is -0.129. The first-order valence-electron chi connectivity index (χ1n) is 8.51. The van der Waals surface area contributed by atoms with Crippen LogP contribution < -0.4 is 0 Å². The summed E-state index contributed by atoms with van der Waals surface area (Å²) in [6, 6.07) is 11.1. The lowest BCUT2D eigenvalue weighted by atomic mass is 10.0. The highest BCUT2D eigenvalue weighted by Gasteiger charge is 2.28. The Morgan fingerprint density at radius 1 is 1.33 bits per heavy atom. The first kappa shape index (κ1) is 17.0. The second-order valence-corrected chi connectivity index (χ2v) is 7.42. The zero-order chi connectivity index (χ0) is 16.9. The normalized spacial score (nSPS) is 17.6. The fourth-order valence-corrected chi connectivity index (χ4v) is 4.09. The fourth-order valence-electron chi connectivity index (χ4n) is 3.16. The van der Waals surface area contributed by atoms with Gasteiger partial charge in [-0.05, 0) is 38.7 Å². The van der Waals surface area contributed by atoms with Gasteiger partial charge in [0.25, 0.3) is 0 Å². The third-order valence-corrected chi connectivity index (χ3v) is 5.37. The number of nitrogens with zero attached hydrogens (tertiary/aromatic N) is 4. The van der Waals surface area contributed by atoms with E-state index >= 15 is 0 Å². The molecule has 5 nitrogen and oxygen atoms in total. The Balaban J connectivity index is 1.58. The van der Waals surface area contributed by atoms with Crippen molar-refractivity contribution in [3.05, 3.63) is 42.2 Å². The summed E-state index contributed by atoms with van der Waals surface area (Å²) < 4.78 is 2.00. The molecule has 1 aromatic heterocycles. The molecule has 2 heterocycles. The summed E-state index contributed by atoms with van der Waals surface area (Å²) in [4.78, 5) is 14.7. The smallest absolute Gasteiger partial charge is 0.233 e. The van der Waals surface area contributed by atoms with Gasteiger partial charge in [0.2, 0.25) is 5.91 Å². The van der Waals surface area contributed by atoms with E-state index in [1.807, 2.05) is 10.6 Å². The second-order valence-electron chi connectivity index (χ2n) is 6.48. The molecule has 1 aromatic carbocycles. The Hall–Kier alpha value is -1.82. The monoisotopic (exact) mass is 344 g/mol. The van der Waals surface area contributed by atoms with E-state index in [1.165, 1.54) is 17.3 Å². The van der Waals surface area contributed by atoms with Crippen molar-refractivity contribution in [1.82, 2.24) is 19.7 Å². The number of benzene rings is 1. The minimum atomic E-state index is 0.205. The molecule has 3 rings (SSSR count). The maximum atomic E-state index is 12.7. The van der Waals surface area contributed by atoms with Crippen LogP contribution >= 0.6 is 11.8 Å². The maximum absolute atomic E-state index is 12.7. The molecule has 1 fully saturated rings. The average Bonchev–Trinajstić information content (AvgIpc) is 3.22. The summed E-state index contributed by atoms with van der Waals surface area (Å²) in [5.41, 5.74) is 1.30. The van der Waals surface area contributed by atoms with Gasteiger partial charge in [-0.2, -0.15) is 0 Å². The Morgan fingerprint density at radius 3 is 2.88 bits per heavy atom. The molecule has 0 spiro atoms. The van der Waals surface area contributed by atoms with E-state index in [-0.39, 0.29) is 5.91 Å². The van der Waals surface area contributed by atoms with Gasteiger partial charge in [-0.1, -0.05) is 42.1 Å². The molecule has 24 heavy (non-hydrogen) atoms.